The highest BCUT2D eigenvalue weighted by Crippen LogP contribution is 2.32. The van der Waals surface area contributed by atoms with Crippen molar-refractivity contribution in [1.29, 1.82) is 5.41 Å². The van der Waals surface area contributed by atoms with Crippen molar-refractivity contribution in [3.63, 3.8) is 0 Å². The summed E-state index contributed by atoms with van der Waals surface area (Å²) in [6, 6.07) is 15.0. The van der Waals surface area contributed by atoms with Gasteiger partial charge >= 0.3 is 5.97 Å². The minimum atomic E-state index is -0.225. The summed E-state index contributed by atoms with van der Waals surface area (Å²) in [6.45, 7) is 0.660. The van der Waals surface area contributed by atoms with Crippen LogP contribution in [0.1, 0.15) is 35.4 Å². The molecule has 1 heterocycles. The van der Waals surface area contributed by atoms with Crippen LogP contribution in [0.3, 0.4) is 0 Å². The smallest absolute Gasteiger partial charge is 0.305 e. The number of carbonyl (C=O) groups excluding carboxylic acids is 2. The number of amides is 1. The van der Waals surface area contributed by atoms with Gasteiger partial charge in [0, 0.05) is 24.2 Å². The summed E-state index contributed by atoms with van der Waals surface area (Å²) in [7, 11) is 1.39. The van der Waals surface area contributed by atoms with Crippen LogP contribution in [0.2, 0.25) is 0 Å². The molecule has 6 heteroatoms. The first-order valence-electron chi connectivity index (χ1n) is 8.91. The fourth-order valence-electron chi connectivity index (χ4n) is 3.33. The molecule has 0 radical (unpaired) electrons. The standard InChI is InChI=1S/C21H23N3O3/c1-27-19(25)11-4-14-2-5-15(6-3-14)18-12-13-24(21(18)26)17-9-7-16(8-10-17)20(22)23/h2-3,5-10,18H,4,11-13H2,1H3,(H3,22,23). The van der Waals surface area contributed by atoms with E-state index < -0.39 is 0 Å². The summed E-state index contributed by atoms with van der Waals surface area (Å²) < 4.78 is 4.66. The maximum absolute atomic E-state index is 12.9. The van der Waals surface area contributed by atoms with E-state index >= 15 is 0 Å². The number of nitrogens with zero attached hydrogens (tertiary/aromatic N) is 1. The van der Waals surface area contributed by atoms with Crippen LogP contribution in [0.25, 0.3) is 0 Å². The van der Waals surface area contributed by atoms with Crippen molar-refractivity contribution in [3.8, 4) is 0 Å². The predicted octanol–water partition coefficient (Wildman–Crippen LogP) is 2.60. The van der Waals surface area contributed by atoms with Crippen molar-refractivity contribution in [2.45, 2.75) is 25.2 Å². The molecule has 3 N–H and O–H groups in total. The van der Waals surface area contributed by atoms with E-state index in [-0.39, 0.29) is 23.6 Å². The Morgan fingerprint density at radius 1 is 1.19 bits per heavy atom. The zero-order valence-corrected chi connectivity index (χ0v) is 15.3. The Morgan fingerprint density at radius 2 is 1.85 bits per heavy atom. The number of esters is 1. The summed E-state index contributed by atoms with van der Waals surface area (Å²) in [4.78, 5) is 25.9. The van der Waals surface area contributed by atoms with Gasteiger partial charge in [0.15, 0.2) is 0 Å². The lowest BCUT2D eigenvalue weighted by Gasteiger charge is -2.17. The van der Waals surface area contributed by atoms with E-state index in [4.69, 9.17) is 11.1 Å². The molecule has 1 amide bonds. The van der Waals surface area contributed by atoms with Crippen molar-refractivity contribution in [1.82, 2.24) is 0 Å². The monoisotopic (exact) mass is 365 g/mol. The minimum Gasteiger partial charge on any atom is -0.469 e. The summed E-state index contributed by atoms with van der Waals surface area (Å²) in [6.07, 6.45) is 1.73. The average molecular weight is 365 g/mol. The third-order valence-corrected chi connectivity index (χ3v) is 4.92. The highest BCUT2D eigenvalue weighted by atomic mass is 16.5. The third-order valence-electron chi connectivity index (χ3n) is 4.92. The Bertz CT molecular complexity index is 844. The second-order valence-electron chi connectivity index (χ2n) is 6.61. The Morgan fingerprint density at radius 3 is 2.44 bits per heavy atom. The van der Waals surface area contributed by atoms with Crippen molar-refractivity contribution >= 4 is 23.4 Å². The molecule has 1 fully saturated rings. The van der Waals surface area contributed by atoms with Crippen LogP contribution in [0.15, 0.2) is 48.5 Å². The van der Waals surface area contributed by atoms with Gasteiger partial charge in [-0.2, -0.15) is 0 Å². The first kappa shape index (κ1) is 18.6. The van der Waals surface area contributed by atoms with E-state index in [2.05, 4.69) is 4.74 Å². The number of amidine groups is 1. The largest absolute Gasteiger partial charge is 0.469 e. The average Bonchev–Trinajstić information content (AvgIpc) is 3.08. The molecule has 6 nitrogen and oxygen atoms in total. The van der Waals surface area contributed by atoms with Crippen LogP contribution in [0, 0.1) is 5.41 Å². The maximum atomic E-state index is 12.9. The third kappa shape index (κ3) is 4.16. The molecule has 2 aromatic rings. The van der Waals surface area contributed by atoms with E-state index in [9.17, 15) is 9.59 Å². The number of hydrogen-bond donors (Lipinski definition) is 2. The zero-order chi connectivity index (χ0) is 19.4. The lowest BCUT2D eigenvalue weighted by atomic mass is 9.96. The van der Waals surface area contributed by atoms with Gasteiger partial charge < -0.3 is 15.4 Å². The molecule has 1 saturated heterocycles. The number of ether oxygens (including phenoxy) is 1. The predicted molar refractivity (Wildman–Crippen MR) is 104 cm³/mol. The van der Waals surface area contributed by atoms with Crippen LogP contribution < -0.4 is 10.6 Å². The second-order valence-corrected chi connectivity index (χ2v) is 6.61. The summed E-state index contributed by atoms with van der Waals surface area (Å²) in [5.74, 6) is -0.295. The number of benzene rings is 2. The molecule has 1 atom stereocenters. The summed E-state index contributed by atoms with van der Waals surface area (Å²) in [5, 5.41) is 7.45. The topological polar surface area (TPSA) is 96.5 Å². The molecule has 0 aromatic heterocycles. The van der Waals surface area contributed by atoms with E-state index in [1.807, 2.05) is 36.4 Å². The lowest BCUT2D eigenvalue weighted by Crippen LogP contribution is -2.26. The number of hydrogen-bond acceptors (Lipinski definition) is 4. The maximum Gasteiger partial charge on any atom is 0.305 e. The number of methoxy groups -OCH3 is 1. The van der Waals surface area contributed by atoms with Crippen LogP contribution in [0.4, 0.5) is 5.69 Å². The molecule has 1 aliphatic rings. The molecule has 27 heavy (non-hydrogen) atoms. The van der Waals surface area contributed by atoms with E-state index in [0.717, 1.165) is 23.2 Å². The molecule has 0 aliphatic carbocycles. The molecule has 1 aliphatic heterocycles. The molecule has 3 rings (SSSR count). The Balaban J connectivity index is 1.67. The number of rotatable bonds is 6. The summed E-state index contributed by atoms with van der Waals surface area (Å²) >= 11 is 0. The SMILES string of the molecule is COC(=O)CCc1ccc(C2CCN(c3ccc(C(=N)N)cc3)C2=O)cc1. The number of carbonyl (C=O) groups is 2. The Kier molecular flexibility index (Phi) is 5.54. The normalized spacial score (nSPS) is 16.4. The van der Waals surface area contributed by atoms with Gasteiger partial charge in [0.2, 0.25) is 5.91 Å². The number of nitrogens with two attached hydrogens (primary N) is 1. The van der Waals surface area contributed by atoms with Crippen LogP contribution in [-0.2, 0) is 20.7 Å². The van der Waals surface area contributed by atoms with Gasteiger partial charge in [-0.3, -0.25) is 15.0 Å². The second kappa shape index (κ2) is 8.03. The van der Waals surface area contributed by atoms with Crippen molar-refractivity contribution in [3.05, 3.63) is 65.2 Å². The first-order chi connectivity index (χ1) is 13.0. The molecule has 1 unspecified atom stereocenters. The molecule has 0 bridgehead atoms. The van der Waals surface area contributed by atoms with Crippen LogP contribution >= 0.6 is 0 Å². The Labute approximate surface area is 158 Å². The highest BCUT2D eigenvalue weighted by molar-refractivity contribution is 6.01. The fraction of sp³-hybridized carbons (Fsp3) is 0.286. The van der Waals surface area contributed by atoms with Gasteiger partial charge in [-0.05, 0) is 48.2 Å². The van der Waals surface area contributed by atoms with Crippen molar-refractivity contribution in [2.24, 2.45) is 5.73 Å². The zero-order valence-electron chi connectivity index (χ0n) is 15.3. The molecular formula is C21H23N3O3. The van der Waals surface area contributed by atoms with Crippen LogP contribution in [-0.4, -0.2) is 31.4 Å². The number of aryl methyl sites for hydroxylation is 1. The Hall–Kier alpha value is -3.15. The lowest BCUT2D eigenvalue weighted by molar-refractivity contribution is -0.140. The van der Waals surface area contributed by atoms with E-state index in [0.29, 0.717) is 24.9 Å². The van der Waals surface area contributed by atoms with E-state index in [1.54, 1.807) is 17.0 Å². The van der Waals surface area contributed by atoms with Gasteiger partial charge in [-0.15, -0.1) is 0 Å². The summed E-state index contributed by atoms with van der Waals surface area (Å²) in [5.41, 5.74) is 8.98. The van der Waals surface area contributed by atoms with Crippen molar-refractivity contribution in [2.75, 3.05) is 18.6 Å². The fourth-order valence-corrected chi connectivity index (χ4v) is 3.33. The molecule has 140 valence electrons. The quantitative estimate of drug-likeness (QED) is 0.467. The number of nitrogen functional groups attached to an aromatic ring is 1. The highest BCUT2D eigenvalue weighted by Gasteiger charge is 2.33. The van der Waals surface area contributed by atoms with Crippen molar-refractivity contribution < 1.29 is 14.3 Å². The van der Waals surface area contributed by atoms with Crippen LogP contribution in [0.5, 0.6) is 0 Å². The molecule has 0 saturated carbocycles. The molecule has 2 aromatic carbocycles. The molecular weight excluding hydrogens is 342 g/mol. The number of anilines is 1. The van der Waals surface area contributed by atoms with E-state index in [1.165, 1.54) is 7.11 Å². The van der Waals surface area contributed by atoms with Gasteiger partial charge in [0.1, 0.15) is 5.84 Å². The minimum absolute atomic E-state index is 0.0134. The van der Waals surface area contributed by atoms with Gasteiger partial charge in [-0.25, -0.2) is 0 Å². The number of nitrogens with one attached hydrogen (secondary N) is 1. The molecule has 0 spiro atoms. The first-order valence-corrected chi connectivity index (χ1v) is 8.91. The van der Waals surface area contributed by atoms with Gasteiger partial charge in [-0.1, -0.05) is 24.3 Å². The van der Waals surface area contributed by atoms with Gasteiger partial charge in [0.05, 0.1) is 13.0 Å². The van der Waals surface area contributed by atoms with Gasteiger partial charge in [0.25, 0.3) is 0 Å².